The number of nitrogens with one attached hydrogen (secondary N) is 1. The van der Waals surface area contributed by atoms with Crippen LogP contribution in [0.3, 0.4) is 0 Å². The van der Waals surface area contributed by atoms with Crippen molar-refractivity contribution in [3.8, 4) is 11.5 Å². The van der Waals surface area contributed by atoms with Crippen LogP contribution in [-0.4, -0.2) is 56.9 Å². The topological polar surface area (TPSA) is 37.0 Å². The van der Waals surface area contributed by atoms with Crippen molar-refractivity contribution in [2.24, 2.45) is 0 Å². The Kier molecular flexibility index (Phi) is 8.85. The third-order valence-electron chi connectivity index (χ3n) is 7.71. The summed E-state index contributed by atoms with van der Waals surface area (Å²) >= 11 is 6.26. The van der Waals surface area contributed by atoms with Gasteiger partial charge in [-0.2, -0.15) is 0 Å². The second kappa shape index (κ2) is 11.9. The number of nitrogens with zero attached hydrogens (tertiary/aromatic N) is 2. The first-order valence-electron chi connectivity index (χ1n) is 13.2. The summed E-state index contributed by atoms with van der Waals surface area (Å²) in [5.74, 6) is 1.78. The van der Waals surface area contributed by atoms with Gasteiger partial charge in [-0.15, -0.1) is 0 Å². The van der Waals surface area contributed by atoms with Gasteiger partial charge in [-0.3, -0.25) is 4.90 Å². The Morgan fingerprint density at radius 2 is 1.89 bits per heavy atom. The summed E-state index contributed by atoms with van der Waals surface area (Å²) in [4.78, 5) is 5.25. The second-order valence-electron chi connectivity index (χ2n) is 10.3. The first kappa shape index (κ1) is 26.1. The van der Waals surface area contributed by atoms with Gasteiger partial charge in [-0.25, -0.2) is 0 Å². The number of rotatable bonds is 9. The van der Waals surface area contributed by atoms with Gasteiger partial charge in [0.1, 0.15) is 11.5 Å². The summed E-state index contributed by atoms with van der Waals surface area (Å²) in [6.45, 7) is 13.7. The molecular formula is C29H42ClN3O2. The van der Waals surface area contributed by atoms with Crippen molar-refractivity contribution >= 4 is 17.3 Å². The third-order valence-corrected chi connectivity index (χ3v) is 8.03. The third kappa shape index (κ3) is 6.07. The lowest BCUT2D eigenvalue weighted by Crippen LogP contribution is -2.56. The van der Waals surface area contributed by atoms with Gasteiger partial charge in [0.15, 0.2) is 0 Å². The summed E-state index contributed by atoms with van der Waals surface area (Å²) < 4.78 is 11.6. The van der Waals surface area contributed by atoms with Gasteiger partial charge in [-0.05, 0) is 81.0 Å². The fourth-order valence-electron chi connectivity index (χ4n) is 5.64. The Hall–Kier alpha value is -1.95. The van der Waals surface area contributed by atoms with Crippen LogP contribution in [0, 0.1) is 13.8 Å². The SMILES string of the molecule is COc1cc(N2CCN3C(CCC[C@@H]3c3ccc(OCCCNC(C)C)c(C)c3C)C2)ccc1Cl. The lowest BCUT2D eigenvalue weighted by atomic mass is 9.86. The zero-order valence-electron chi connectivity index (χ0n) is 22.1. The van der Waals surface area contributed by atoms with Crippen LogP contribution in [0.5, 0.6) is 11.5 Å². The highest BCUT2D eigenvalue weighted by Gasteiger charge is 2.36. The molecule has 2 saturated heterocycles. The highest BCUT2D eigenvalue weighted by Crippen LogP contribution is 2.40. The summed E-state index contributed by atoms with van der Waals surface area (Å²) in [5, 5.41) is 4.12. The molecule has 2 aromatic rings. The number of halogens is 1. The van der Waals surface area contributed by atoms with Crippen LogP contribution in [0.15, 0.2) is 30.3 Å². The molecule has 2 aliphatic heterocycles. The molecule has 192 valence electrons. The maximum absolute atomic E-state index is 6.26. The number of benzene rings is 2. The Labute approximate surface area is 216 Å². The average molecular weight is 500 g/mol. The monoisotopic (exact) mass is 499 g/mol. The van der Waals surface area contributed by atoms with Crippen molar-refractivity contribution in [3.63, 3.8) is 0 Å². The molecule has 0 saturated carbocycles. The summed E-state index contributed by atoms with van der Waals surface area (Å²) in [6, 6.07) is 12.2. The lowest BCUT2D eigenvalue weighted by molar-refractivity contribution is 0.0712. The van der Waals surface area contributed by atoms with Crippen LogP contribution in [0.25, 0.3) is 0 Å². The van der Waals surface area contributed by atoms with E-state index in [1.165, 1.54) is 41.6 Å². The number of piperidine rings is 1. The zero-order valence-corrected chi connectivity index (χ0v) is 22.8. The highest BCUT2D eigenvalue weighted by atomic mass is 35.5. The van der Waals surface area contributed by atoms with Gasteiger partial charge in [0.05, 0.1) is 18.7 Å². The smallest absolute Gasteiger partial charge is 0.139 e. The molecule has 4 rings (SSSR count). The molecule has 6 heteroatoms. The van der Waals surface area contributed by atoms with Crippen LogP contribution in [0.2, 0.25) is 5.02 Å². The predicted octanol–water partition coefficient (Wildman–Crippen LogP) is 6.15. The molecule has 0 spiro atoms. The molecule has 1 unspecified atom stereocenters. The lowest BCUT2D eigenvalue weighted by Gasteiger charge is -2.49. The maximum atomic E-state index is 6.26. The fourth-order valence-corrected chi connectivity index (χ4v) is 5.84. The van der Waals surface area contributed by atoms with Crippen molar-refractivity contribution in [3.05, 3.63) is 52.0 Å². The molecule has 0 radical (unpaired) electrons. The van der Waals surface area contributed by atoms with Gasteiger partial charge in [-0.1, -0.05) is 31.5 Å². The Morgan fingerprint density at radius 1 is 1.06 bits per heavy atom. The normalized spacial score (nSPS) is 20.7. The molecule has 35 heavy (non-hydrogen) atoms. The van der Waals surface area contributed by atoms with Crippen molar-refractivity contribution in [1.29, 1.82) is 0 Å². The van der Waals surface area contributed by atoms with Crippen molar-refractivity contribution in [2.75, 3.05) is 44.8 Å². The Morgan fingerprint density at radius 3 is 2.66 bits per heavy atom. The van der Waals surface area contributed by atoms with Crippen molar-refractivity contribution in [1.82, 2.24) is 10.2 Å². The number of fused-ring (bicyclic) bond motifs is 1. The van der Waals surface area contributed by atoms with E-state index in [1.54, 1.807) is 7.11 Å². The number of methoxy groups -OCH3 is 1. The molecule has 0 aliphatic carbocycles. The van der Waals surface area contributed by atoms with E-state index in [2.05, 4.69) is 67.1 Å². The minimum atomic E-state index is 0.485. The van der Waals surface area contributed by atoms with E-state index in [-0.39, 0.29) is 0 Å². The van der Waals surface area contributed by atoms with Crippen LogP contribution in [-0.2, 0) is 0 Å². The van der Waals surface area contributed by atoms with Crippen molar-refractivity contribution in [2.45, 2.75) is 71.5 Å². The number of anilines is 1. The van der Waals surface area contributed by atoms with E-state index in [0.717, 1.165) is 50.7 Å². The summed E-state index contributed by atoms with van der Waals surface area (Å²) in [5.41, 5.74) is 5.35. The molecule has 0 aromatic heterocycles. The maximum Gasteiger partial charge on any atom is 0.139 e. The second-order valence-corrected chi connectivity index (χ2v) is 10.7. The first-order valence-corrected chi connectivity index (χ1v) is 13.6. The number of ether oxygens (including phenoxy) is 2. The molecule has 1 N–H and O–H groups in total. The number of piperazine rings is 1. The standard InChI is InChI=1S/C29H42ClN3O2/c1-20(2)31-14-7-17-35-28-13-11-25(21(3)22(28)4)27-9-6-8-24-19-32(15-16-33(24)27)23-10-12-26(30)29(18-23)34-5/h10-13,18,20,24,27,31H,6-9,14-17,19H2,1-5H3/t24?,27-/m1/s1. The first-order chi connectivity index (χ1) is 16.9. The molecule has 2 aliphatic rings. The minimum absolute atomic E-state index is 0.485. The van der Waals surface area contributed by atoms with Crippen LogP contribution < -0.4 is 19.7 Å². The van der Waals surface area contributed by atoms with E-state index in [9.17, 15) is 0 Å². The fraction of sp³-hybridized carbons (Fsp3) is 0.586. The van der Waals surface area contributed by atoms with E-state index in [0.29, 0.717) is 23.1 Å². The molecule has 2 aromatic carbocycles. The highest BCUT2D eigenvalue weighted by molar-refractivity contribution is 6.32. The predicted molar refractivity (Wildman–Crippen MR) is 146 cm³/mol. The molecule has 2 heterocycles. The van der Waals surface area contributed by atoms with Crippen LogP contribution in [0.4, 0.5) is 5.69 Å². The number of hydrogen-bond donors (Lipinski definition) is 1. The minimum Gasteiger partial charge on any atom is -0.495 e. The number of hydrogen-bond acceptors (Lipinski definition) is 5. The molecule has 2 atom stereocenters. The van der Waals surface area contributed by atoms with Crippen molar-refractivity contribution < 1.29 is 9.47 Å². The quantitative estimate of drug-likeness (QED) is 0.419. The van der Waals surface area contributed by atoms with E-state index >= 15 is 0 Å². The molecule has 5 nitrogen and oxygen atoms in total. The van der Waals surface area contributed by atoms with Gasteiger partial charge in [0, 0.05) is 49.5 Å². The summed E-state index contributed by atoms with van der Waals surface area (Å²) in [6.07, 6.45) is 4.77. The molecule has 0 amide bonds. The van der Waals surface area contributed by atoms with Gasteiger partial charge in [0.25, 0.3) is 0 Å². The zero-order chi connectivity index (χ0) is 24.9. The van der Waals surface area contributed by atoms with Gasteiger partial charge in [0.2, 0.25) is 0 Å². The molecule has 0 bridgehead atoms. The average Bonchev–Trinajstić information content (AvgIpc) is 2.86. The van der Waals surface area contributed by atoms with Gasteiger partial charge < -0.3 is 19.7 Å². The van der Waals surface area contributed by atoms with E-state index in [1.807, 2.05) is 6.07 Å². The molecular weight excluding hydrogens is 458 g/mol. The Bertz CT molecular complexity index is 996. The Balaban J connectivity index is 1.42. The van der Waals surface area contributed by atoms with E-state index < -0.39 is 0 Å². The van der Waals surface area contributed by atoms with Gasteiger partial charge >= 0.3 is 0 Å². The van der Waals surface area contributed by atoms with E-state index in [4.69, 9.17) is 21.1 Å². The largest absolute Gasteiger partial charge is 0.495 e. The summed E-state index contributed by atoms with van der Waals surface area (Å²) in [7, 11) is 1.68. The molecule has 2 fully saturated rings. The van der Waals surface area contributed by atoms with Crippen LogP contribution >= 0.6 is 11.6 Å². The van der Waals surface area contributed by atoms with Crippen LogP contribution in [0.1, 0.15) is 62.3 Å².